The van der Waals surface area contributed by atoms with Crippen LogP contribution in [0.2, 0.25) is 0 Å². The minimum atomic E-state index is -4.28. The van der Waals surface area contributed by atoms with Gasteiger partial charge in [-0.1, -0.05) is 153 Å². The van der Waals surface area contributed by atoms with E-state index in [1.165, 1.54) is 116 Å². The normalized spacial score (nSPS) is 13.8. The molecule has 9 heteroatoms. The van der Waals surface area contributed by atoms with Crippen LogP contribution < -0.4 is 5.73 Å². The lowest BCUT2D eigenvalue weighted by Crippen LogP contribution is -2.28. The number of nitrogens with two attached hydrogens (primary N) is 1. The maximum atomic E-state index is 12.6. The van der Waals surface area contributed by atoms with Crippen molar-refractivity contribution >= 4 is 13.8 Å². The van der Waals surface area contributed by atoms with E-state index in [0.29, 0.717) is 13.0 Å². The predicted molar refractivity (Wildman–Crippen MR) is 220 cm³/mol. The van der Waals surface area contributed by atoms with Crippen LogP contribution in [0.3, 0.4) is 0 Å². The molecule has 0 fully saturated rings. The smallest absolute Gasteiger partial charge is 0.457 e. The molecule has 0 rings (SSSR count). The van der Waals surface area contributed by atoms with Crippen LogP contribution in [0.25, 0.3) is 0 Å². The van der Waals surface area contributed by atoms with Crippen LogP contribution in [0, 0.1) is 0 Å². The molecule has 8 nitrogen and oxygen atoms in total. The van der Waals surface area contributed by atoms with Crippen molar-refractivity contribution in [1.82, 2.24) is 0 Å². The van der Waals surface area contributed by atoms with Crippen molar-refractivity contribution in [1.29, 1.82) is 0 Å². The molecular weight excluding hydrogens is 673 g/mol. The van der Waals surface area contributed by atoms with E-state index in [4.69, 9.17) is 24.3 Å². The summed E-state index contributed by atoms with van der Waals surface area (Å²) in [5.41, 5.74) is 5.36. The first-order valence-electron chi connectivity index (χ1n) is 21.5. The molecule has 0 amide bonds. The summed E-state index contributed by atoms with van der Waals surface area (Å²) in [6.07, 6.45) is 45.8. The van der Waals surface area contributed by atoms with E-state index in [0.717, 1.165) is 57.8 Å². The second kappa shape index (κ2) is 40.9. The van der Waals surface area contributed by atoms with Crippen molar-refractivity contribution in [2.75, 3.05) is 33.0 Å². The SMILES string of the molecule is CCCCC/C=C\C/C=C\CCCCCCCC(=O)OC(COCCCCCCCCCC/C=C\CCCCCCCC)COP(=O)(O)OCCN. The molecule has 0 aliphatic rings. The number of ether oxygens (including phenoxy) is 2. The number of phosphoric acid groups is 1. The van der Waals surface area contributed by atoms with Crippen molar-refractivity contribution < 1.29 is 32.8 Å². The third kappa shape index (κ3) is 39.9. The molecule has 2 unspecified atom stereocenters. The average Bonchev–Trinajstić information content (AvgIpc) is 3.13. The van der Waals surface area contributed by atoms with Crippen molar-refractivity contribution in [2.45, 2.75) is 200 Å². The Labute approximate surface area is 320 Å². The molecule has 0 aliphatic heterocycles. The van der Waals surface area contributed by atoms with Gasteiger partial charge in [-0.2, -0.15) is 0 Å². The molecule has 0 aliphatic carbocycles. The molecule has 0 saturated carbocycles. The summed E-state index contributed by atoms with van der Waals surface area (Å²) in [6, 6.07) is 0. The van der Waals surface area contributed by atoms with Gasteiger partial charge >= 0.3 is 13.8 Å². The summed E-state index contributed by atoms with van der Waals surface area (Å²) in [4.78, 5) is 22.4. The van der Waals surface area contributed by atoms with Gasteiger partial charge in [0.1, 0.15) is 6.10 Å². The fourth-order valence-corrected chi connectivity index (χ4v) is 6.61. The lowest BCUT2D eigenvalue weighted by molar-refractivity contribution is -0.154. The fraction of sp³-hybridized carbons (Fsp3) is 0.837. The molecule has 306 valence electrons. The van der Waals surface area contributed by atoms with Crippen LogP contribution in [0.4, 0.5) is 0 Å². The zero-order chi connectivity index (χ0) is 38.1. The van der Waals surface area contributed by atoms with Gasteiger partial charge in [-0.15, -0.1) is 0 Å². The van der Waals surface area contributed by atoms with Crippen molar-refractivity contribution in [2.24, 2.45) is 5.73 Å². The Hall–Kier alpha value is -1.28. The van der Waals surface area contributed by atoms with E-state index in [1.807, 2.05) is 0 Å². The highest BCUT2D eigenvalue weighted by Crippen LogP contribution is 2.43. The minimum absolute atomic E-state index is 0.0972. The number of hydrogen-bond acceptors (Lipinski definition) is 7. The number of rotatable bonds is 41. The second-order valence-corrected chi connectivity index (χ2v) is 15.7. The number of carbonyl (C=O) groups is 1. The lowest BCUT2D eigenvalue weighted by atomic mass is 10.1. The first-order chi connectivity index (χ1) is 25.4. The molecular formula is C43H82NO7P. The first-order valence-corrected chi connectivity index (χ1v) is 23.0. The highest BCUT2D eigenvalue weighted by Gasteiger charge is 2.25. The number of allylic oxidation sites excluding steroid dienone is 6. The van der Waals surface area contributed by atoms with Gasteiger partial charge < -0.3 is 20.1 Å². The maximum absolute atomic E-state index is 12.6. The molecule has 0 saturated heterocycles. The van der Waals surface area contributed by atoms with Gasteiger partial charge in [-0.3, -0.25) is 13.8 Å². The van der Waals surface area contributed by atoms with E-state index in [2.05, 4.69) is 50.3 Å². The summed E-state index contributed by atoms with van der Waals surface area (Å²) >= 11 is 0. The molecule has 52 heavy (non-hydrogen) atoms. The third-order valence-corrected chi connectivity index (χ3v) is 10.0. The number of phosphoric ester groups is 1. The molecule has 0 spiro atoms. The van der Waals surface area contributed by atoms with Crippen LogP contribution in [-0.4, -0.2) is 49.9 Å². The Kier molecular flexibility index (Phi) is 39.9. The molecule has 0 heterocycles. The summed E-state index contributed by atoms with van der Waals surface area (Å²) in [6.45, 7) is 4.88. The Morgan fingerprint density at radius 3 is 1.56 bits per heavy atom. The summed E-state index contributed by atoms with van der Waals surface area (Å²) < 4.78 is 33.4. The fourth-order valence-electron chi connectivity index (χ4n) is 5.84. The molecule has 0 aromatic rings. The zero-order valence-electron chi connectivity index (χ0n) is 33.8. The maximum Gasteiger partial charge on any atom is 0.472 e. The number of carbonyl (C=O) groups excluding carboxylic acids is 1. The van der Waals surface area contributed by atoms with E-state index < -0.39 is 13.9 Å². The molecule has 0 bridgehead atoms. The molecule has 3 N–H and O–H groups in total. The second-order valence-electron chi connectivity index (χ2n) is 14.2. The summed E-state index contributed by atoms with van der Waals surface area (Å²) in [5.74, 6) is -0.345. The highest BCUT2D eigenvalue weighted by atomic mass is 31.2. The quantitative estimate of drug-likeness (QED) is 0.0274. The van der Waals surface area contributed by atoms with Gasteiger partial charge in [0.25, 0.3) is 0 Å². The van der Waals surface area contributed by atoms with E-state index in [9.17, 15) is 14.3 Å². The Balaban J connectivity index is 4.05. The number of unbranched alkanes of at least 4 members (excludes halogenated alkanes) is 22. The molecule has 0 aromatic carbocycles. The van der Waals surface area contributed by atoms with Gasteiger partial charge in [0, 0.05) is 19.6 Å². The van der Waals surface area contributed by atoms with Crippen LogP contribution in [-0.2, 0) is 27.9 Å². The van der Waals surface area contributed by atoms with Crippen LogP contribution in [0.5, 0.6) is 0 Å². The largest absolute Gasteiger partial charge is 0.472 e. The molecule has 0 aromatic heterocycles. The number of esters is 1. The van der Waals surface area contributed by atoms with Crippen LogP contribution in [0.15, 0.2) is 36.5 Å². The zero-order valence-corrected chi connectivity index (χ0v) is 34.7. The van der Waals surface area contributed by atoms with E-state index in [-0.39, 0.29) is 32.3 Å². The van der Waals surface area contributed by atoms with Gasteiger partial charge in [0.05, 0.1) is 19.8 Å². The van der Waals surface area contributed by atoms with Crippen LogP contribution >= 0.6 is 7.82 Å². The Bertz CT molecular complexity index is 895. The highest BCUT2D eigenvalue weighted by molar-refractivity contribution is 7.47. The molecule has 0 radical (unpaired) electrons. The molecule has 2 atom stereocenters. The Morgan fingerprint density at radius 1 is 0.577 bits per heavy atom. The van der Waals surface area contributed by atoms with Crippen molar-refractivity contribution in [3.63, 3.8) is 0 Å². The van der Waals surface area contributed by atoms with Gasteiger partial charge in [0.15, 0.2) is 0 Å². The van der Waals surface area contributed by atoms with Gasteiger partial charge in [0.2, 0.25) is 0 Å². The summed E-state index contributed by atoms with van der Waals surface area (Å²) in [7, 11) is -4.28. The minimum Gasteiger partial charge on any atom is -0.457 e. The first kappa shape index (κ1) is 50.7. The Morgan fingerprint density at radius 2 is 1.02 bits per heavy atom. The standard InChI is InChI=1S/C43H82NO7P/c1-3-5-7-9-11-13-15-17-19-20-21-23-25-27-29-31-33-35-38-48-40-42(41-50-52(46,47)49-39-37-44)51-43(45)36-34-32-30-28-26-24-22-18-16-14-12-10-8-6-4-2/h12,14,17-19,22,42H,3-11,13,15-16,20-21,23-41,44H2,1-2H3,(H,46,47)/b14-12-,19-17-,22-18-. The van der Waals surface area contributed by atoms with Crippen molar-refractivity contribution in [3.8, 4) is 0 Å². The van der Waals surface area contributed by atoms with Crippen molar-refractivity contribution in [3.05, 3.63) is 36.5 Å². The number of hydrogen-bond donors (Lipinski definition) is 2. The van der Waals surface area contributed by atoms with Gasteiger partial charge in [-0.05, 0) is 70.6 Å². The van der Waals surface area contributed by atoms with Crippen LogP contribution in [0.1, 0.15) is 194 Å². The van der Waals surface area contributed by atoms with E-state index in [1.54, 1.807) is 0 Å². The monoisotopic (exact) mass is 756 g/mol. The van der Waals surface area contributed by atoms with Gasteiger partial charge in [-0.25, -0.2) is 4.57 Å². The predicted octanol–water partition coefficient (Wildman–Crippen LogP) is 12.6. The lowest BCUT2D eigenvalue weighted by Gasteiger charge is -2.20. The topological polar surface area (TPSA) is 117 Å². The van der Waals surface area contributed by atoms with E-state index >= 15 is 0 Å². The third-order valence-electron chi connectivity index (χ3n) is 9.03. The summed E-state index contributed by atoms with van der Waals surface area (Å²) in [5, 5.41) is 0. The average molecular weight is 756 g/mol.